The molecule has 2 aromatic carbocycles. The fourth-order valence-electron chi connectivity index (χ4n) is 3.42. The van der Waals surface area contributed by atoms with Gasteiger partial charge in [-0.15, -0.1) is 0 Å². The molecule has 0 saturated heterocycles. The van der Waals surface area contributed by atoms with Gasteiger partial charge >= 0.3 is 6.09 Å². The van der Waals surface area contributed by atoms with Gasteiger partial charge in [0.2, 0.25) is 0 Å². The van der Waals surface area contributed by atoms with Gasteiger partial charge in [-0.2, -0.15) is 0 Å². The maximum absolute atomic E-state index is 12.9. The van der Waals surface area contributed by atoms with Crippen LogP contribution in [-0.2, 0) is 4.74 Å². The lowest BCUT2D eigenvalue weighted by molar-refractivity contribution is 0.0467. The van der Waals surface area contributed by atoms with E-state index in [9.17, 15) is 14.4 Å². The van der Waals surface area contributed by atoms with E-state index < -0.39 is 17.7 Å². The second kappa shape index (κ2) is 10.1. The molecule has 1 aliphatic rings. The lowest BCUT2D eigenvalue weighted by atomic mass is 10.1. The minimum Gasteiger partial charge on any atom is -0.493 e. The molecule has 2 unspecified atom stereocenters. The summed E-state index contributed by atoms with van der Waals surface area (Å²) in [5.74, 6) is 0.413. The quantitative estimate of drug-likeness (QED) is 0.572. The smallest absolute Gasteiger partial charge is 0.408 e. The topological polar surface area (TPSA) is 84.9 Å². The first-order valence-corrected chi connectivity index (χ1v) is 11.3. The van der Waals surface area contributed by atoms with Crippen LogP contribution in [0.2, 0.25) is 0 Å². The zero-order valence-electron chi connectivity index (χ0n) is 19.9. The van der Waals surface area contributed by atoms with E-state index in [0.29, 0.717) is 23.7 Å². The SMILES string of the molecule is CCC(C)COc1ccc(C(CN2C(=O)c3ccccc3C2=O)NC(=O)OC(C)(C)C)cc1. The van der Waals surface area contributed by atoms with E-state index in [1.807, 2.05) is 24.3 Å². The number of amides is 3. The van der Waals surface area contributed by atoms with Crippen molar-refractivity contribution < 1.29 is 23.9 Å². The fourth-order valence-corrected chi connectivity index (χ4v) is 3.42. The summed E-state index contributed by atoms with van der Waals surface area (Å²) in [5.41, 5.74) is 0.783. The number of fused-ring (bicyclic) bond motifs is 1. The van der Waals surface area contributed by atoms with E-state index in [1.165, 1.54) is 4.90 Å². The molecule has 2 aromatic rings. The third-order valence-corrected chi connectivity index (χ3v) is 5.45. The van der Waals surface area contributed by atoms with E-state index in [1.54, 1.807) is 45.0 Å². The number of nitrogens with zero attached hydrogens (tertiary/aromatic N) is 1. The van der Waals surface area contributed by atoms with Crippen molar-refractivity contribution in [1.82, 2.24) is 10.2 Å². The lowest BCUT2D eigenvalue weighted by Gasteiger charge is -2.26. The highest BCUT2D eigenvalue weighted by molar-refractivity contribution is 6.21. The standard InChI is InChI=1S/C26H32N2O5/c1-6-17(2)16-32-19-13-11-18(12-14-19)22(27-25(31)33-26(3,4)5)15-28-23(29)20-9-7-8-10-21(20)24(28)30/h7-14,17,22H,6,15-16H2,1-5H3,(H,27,31). The normalized spacial score (nSPS) is 15.1. The largest absolute Gasteiger partial charge is 0.493 e. The Morgan fingerprint density at radius 2 is 1.58 bits per heavy atom. The molecule has 0 bridgehead atoms. The van der Waals surface area contributed by atoms with Crippen molar-refractivity contribution in [1.29, 1.82) is 0 Å². The molecule has 3 rings (SSSR count). The van der Waals surface area contributed by atoms with Crippen LogP contribution in [0.25, 0.3) is 0 Å². The van der Waals surface area contributed by atoms with Crippen molar-refractivity contribution in [2.45, 2.75) is 52.7 Å². The molecule has 0 aliphatic carbocycles. The number of alkyl carbamates (subject to hydrolysis) is 1. The molecule has 1 N–H and O–H groups in total. The molecule has 33 heavy (non-hydrogen) atoms. The molecule has 0 saturated carbocycles. The van der Waals surface area contributed by atoms with E-state index in [2.05, 4.69) is 19.2 Å². The summed E-state index contributed by atoms with van der Waals surface area (Å²) in [6.07, 6.45) is 0.404. The Morgan fingerprint density at radius 3 is 2.09 bits per heavy atom. The molecule has 176 valence electrons. The average Bonchev–Trinajstić information content (AvgIpc) is 3.01. The fraction of sp³-hybridized carbons (Fsp3) is 0.423. The number of carbonyl (C=O) groups is 3. The number of imide groups is 1. The summed E-state index contributed by atoms with van der Waals surface area (Å²) in [4.78, 5) is 39.4. The van der Waals surface area contributed by atoms with E-state index >= 15 is 0 Å². The molecular formula is C26H32N2O5. The minimum atomic E-state index is -0.683. The molecule has 0 radical (unpaired) electrons. The van der Waals surface area contributed by atoms with Gasteiger partial charge < -0.3 is 14.8 Å². The van der Waals surface area contributed by atoms with Gasteiger partial charge in [-0.25, -0.2) is 4.79 Å². The molecule has 1 aliphatic heterocycles. The summed E-state index contributed by atoms with van der Waals surface area (Å²) in [5, 5.41) is 2.82. The highest BCUT2D eigenvalue weighted by Gasteiger charge is 2.37. The van der Waals surface area contributed by atoms with Gasteiger partial charge in [-0.05, 0) is 56.5 Å². The molecule has 7 heteroatoms. The Morgan fingerprint density at radius 1 is 1.00 bits per heavy atom. The Hall–Kier alpha value is -3.35. The number of nitrogens with one attached hydrogen (secondary N) is 1. The third-order valence-electron chi connectivity index (χ3n) is 5.45. The summed E-state index contributed by atoms with van der Waals surface area (Å²) in [6, 6.07) is 13.4. The monoisotopic (exact) mass is 452 g/mol. The Labute approximate surface area is 195 Å². The van der Waals surface area contributed by atoms with Gasteiger partial charge in [0.1, 0.15) is 11.4 Å². The number of ether oxygens (including phenoxy) is 2. The number of benzene rings is 2. The molecule has 2 atom stereocenters. The van der Waals surface area contributed by atoms with Crippen LogP contribution < -0.4 is 10.1 Å². The maximum Gasteiger partial charge on any atom is 0.408 e. The van der Waals surface area contributed by atoms with Crippen LogP contribution in [0.4, 0.5) is 4.79 Å². The van der Waals surface area contributed by atoms with Crippen LogP contribution in [-0.4, -0.2) is 41.6 Å². The van der Waals surface area contributed by atoms with Crippen LogP contribution in [0.1, 0.15) is 73.4 Å². The Balaban J connectivity index is 1.80. The average molecular weight is 453 g/mol. The molecule has 3 amide bonds. The molecule has 7 nitrogen and oxygen atoms in total. The van der Waals surface area contributed by atoms with Crippen molar-refractivity contribution in [2.75, 3.05) is 13.2 Å². The molecular weight excluding hydrogens is 420 g/mol. The van der Waals surface area contributed by atoms with Crippen molar-refractivity contribution in [3.05, 3.63) is 65.2 Å². The highest BCUT2D eigenvalue weighted by Crippen LogP contribution is 2.26. The molecule has 0 fully saturated rings. The van der Waals surface area contributed by atoms with E-state index in [4.69, 9.17) is 9.47 Å². The zero-order valence-corrected chi connectivity index (χ0v) is 19.9. The van der Waals surface area contributed by atoms with Gasteiger partial charge in [0.05, 0.1) is 30.3 Å². The first-order valence-electron chi connectivity index (χ1n) is 11.3. The van der Waals surface area contributed by atoms with Crippen molar-refractivity contribution >= 4 is 17.9 Å². The van der Waals surface area contributed by atoms with Crippen LogP contribution in [0.5, 0.6) is 5.75 Å². The minimum absolute atomic E-state index is 0.0152. The van der Waals surface area contributed by atoms with Crippen LogP contribution >= 0.6 is 0 Å². The van der Waals surface area contributed by atoms with Crippen LogP contribution in [0.15, 0.2) is 48.5 Å². The zero-order chi connectivity index (χ0) is 24.2. The summed E-state index contributed by atoms with van der Waals surface area (Å²) in [6.45, 7) is 10.2. The Bertz CT molecular complexity index is 975. The van der Waals surface area contributed by atoms with Crippen molar-refractivity contribution in [3.63, 3.8) is 0 Å². The predicted molar refractivity (Wildman–Crippen MR) is 125 cm³/mol. The van der Waals surface area contributed by atoms with Gasteiger partial charge in [0.25, 0.3) is 11.8 Å². The first kappa shape index (κ1) is 24.3. The Kier molecular flexibility index (Phi) is 7.41. The predicted octanol–water partition coefficient (Wildman–Crippen LogP) is 4.97. The number of carbonyl (C=O) groups excluding carboxylic acids is 3. The molecule has 0 spiro atoms. The summed E-state index contributed by atoms with van der Waals surface area (Å²) < 4.78 is 11.2. The highest BCUT2D eigenvalue weighted by atomic mass is 16.6. The van der Waals surface area contributed by atoms with Crippen LogP contribution in [0.3, 0.4) is 0 Å². The number of rotatable bonds is 8. The second-order valence-corrected chi connectivity index (χ2v) is 9.36. The third kappa shape index (κ3) is 6.12. The molecule has 0 aromatic heterocycles. The van der Waals surface area contributed by atoms with Gasteiger partial charge in [-0.3, -0.25) is 14.5 Å². The van der Waals surface area contributed by atoms with Crippen molar-refractivity contribution in [2.24, 2.45) is 5.92 Å². The summed E-state index contributed by atoms with van der Waals surface area (Å²) >= 11 is 0. The van der Waals surface area contributed by atoms with E-state index in [-0.39, 0.29) is 18.4 Å². The van der Waals surface area contributed by atoms with E-state index in [0.717, 1.165) is 17.7 Å². The number of hydrogen-bond donors (Lipinski definition) is 1. The van der Waals surface area contributed by atoms with Crippen LogP contribution in [0, 0.1) is 5.92 Å². The van der Waals surface area contributed by atoms with Crippen molar-refractivity contribution in [3.8, 4) is 5.75 Å². The van der Waals surface area contributed by atoms with Gasteiger partial charge in [0, 0.05) is 0 Å². The van der Waals surface area contributed by atoms with Gasteiger partial charge in [-0.1, -0.05) is 44.5 Å². The molecule has 1 heterocycles. The summed E-state index contributed by atoms with van der Waals surface area (Å²) in [7, 11) is 0. The lowest BCUT2D eigenvalue weighted by Crippen LogP contribution is -2.42. The van der Waals surface area contributed by atoms with Gasteiger partial charge in [0.15, 0.2) is 0 Å². The second-order valence-electron chi connectivity index (χ2n) is 9.36. The maximum atomic E-state index is 12.9. The first-order chi connectivity index (χ1) is 15.6. The number of hydrogen-bond acceptors (Lipinski definition) is 5.